The number of carbonyl (C=O) groups is 1. The molecule has 2 N–H and O–H groups in total. The summed E-state index contributed by atoms with van der Waals surface area (Å²) in [5, 5.41) is 3.09. The highest BCUT2D eigenvalue weighted by atomic mass is 32.2. The molecule has 1 aliphatic carbocycles. The number of carbonyl (C=O) groups excluding carboxylic acids is 1. The van der Waals surface area contributed by atoms with Gasteiger partial charge in [0.1, 0.15) is 5.54 Å². The van der Waals surface area contributed by atoms with Crippen molar-refractivity contribution in [2.75, 3.05) is 31.5 Å². The van der Waals surface area contributed by atoms with Crippen molar-refractivity contribution in [1.29, 1.82) is 0 Å². The molecule has 0 aromatic heterocycles. The summed E-state index contributed by atoms with van der Waals surface area (Å²) in [4.78, 5) is 14.3. The average molecular weight is 445 g/mol. The third kappa shape index (κ3) is 5.10. The second-order valence-corrected chi connectivity index (χ2v) is 10.4. The van der Waals surface area contributed by atoms with Gasteiger partial charge in [-0.1, -0.05) is 24.6 Å². The topological polar surface area (TPSA) is 70.9 Å². The van der Waals surface area contributed by atoms with Gasteiger partial charge in [0, 0.05) is 24.9 Å². The molecule has 0 heterocycles. The van der Waals surface area contributed by atoms with E-state index in [4.69, 9.17) is 0 Å². The van der Waals surface area contributed by atoms with Crippen molar-refractivity contribution >= 4 is 21.6 Å². The number of anilines is 1. The van der Waals surface area contributed by atoms with Gasteiger partial charge in [0.15, 0.2) is 0 Å². The van der Waals surface area contributed by atoms with E-state index in [1.165, 1.54) is 40.6 Å². The molecule has 1 fully saturated rings. The summed E-state index contributed by atoms with van der Waals surface area (Å²) in [6.45, 7) is 2.76. The lowest BCUT2D eigenvalue weighted by molar-refractivity contribution is -0.916. The average Bonchev–Trinajstić information content (AvgIpc) is 2.79. The Morgan fingerprint density at radius 3 is 2.16 bits per heavy atom. The quantitative estimate of drug-likeness (QED) is 0.657. The number of nitrogens with zero attached hydrogens (tertiary/aromatic N) is 1. The van der Waals surface area contributed by atoms with Crippen LogP contribution in [-0.4, -0.2) is 47.0 Å². The summed E-state index contributed by atoms with van der Waals surface area (Å²) in [6.07, 6.45) is 5.88. The van der Waals surface area contributed by atoms with E-state index >= 15 is 0 Å². The number of nitrogens with one attached hydrogen (secondary N) is 2. The van der Waals surface area contributed by atoms with Crippen molar-refractivity contribution in [2.24, 2.45) is 0 Å². The molecule has 0 bridgehead atoms. The molecule has 0 unspecified atom stereocenters. The van der Waals surface area contributed by atoms with E-state index in [0.717, 1.165) is 12.8 Å². The minimum atomic E-state index is -3.70. The molecule has 6 nitrogen and oxygen atoms in total. The third-order valence-corrected chi connectivity index (χ3v) is 8.41. The van der Waals surface area contributed by atoms with Gasteiger partial charge < -0.3 is 10.2 Å². The summed E-state index contributed by atoms with van der Waals surface area (Å²) in [5.41, 5.74) is 1.17. The van der Waals surface area contributed by atoms with Crippen LogP contribution in [0, 0.1) is 0 Å². The number of rotatable bonds is 8. The van der Waals surface area contributed by atoms with Crippen LogP contribution in [-0.2, 0) is 10.0 Å². The third-order valence-electron chi connectivity index (χ3n) is 6.49. The number of amides is 1. The normalized spacial score (nSPS) is 16.1. The van der Waals surface area contributed by atoms with Crippen LogP contribution >= 0.6 is 0 Å². The fraction of sp³-hybridized carbons (Fsp3) is 0.458. The predicted molar refractivity (Wildman–Crippen MR) is 124 cm³/mol. The van der Waals surface area contributed by atoms with Gasteiger partial charge in [0.05, 0.1) is 31.2 Å². The van der Waals surface area contributed by atoms with E-state index in [1.54, 1.807) is 31.2 Å². The number of benzene rings is 2. The Bertz CT molecular complexity index is 967. The Hall–Kier alpha value is -2.38. The van der Waals surface area contributed by atoms with Gasteiger partial charge in [-0.25, -0.2) is 8.42 Å². The van der Waals surface area contributed by atoms with Crippen LogP contribution in [0.1, 0.15) is 49.4 Å². The molecule has 3 rings (SSSR count). The standard InChI is InChI=1S/C24H33N3O3S/c1-4-27(21-11-7-5-8-12-21)31(29,30)22-15-13-20(14-16-22)23(28)25-19-24(26(2)3)17-9-6-10-18-24/h5,7-8,11-16H,4,6,9-10,17-19H2,1-3H3,(H,25,28)/p+1. The fourth-order valence-corrected chi connectivity index (χ4v) is 5.90. The number of hydrogen-bond acceptors (Lipinski definition) is 3. The van der Waals surface area contributed by atoms with E-state index in [2.05, 4.69) is 19.4 Å². The molecule has 0 radical (unpaired) electrons. The summed E-state index contributed by atoms with van der Waals surface area (Å²) < 4.78 is 27.6. The van der Waals surface area contributed by atoms with Crippen molar-refractivity contribution in [2.45, 2.75) is 49.5 Å². The second-order valence-electron chi connectivity index (χ2n) is 8.55. The van der Waals surface area contributed by atoms with Gasteiger partial charge in [0.2, 0.25) is 0 Å². The maximum atomic E-state index is 13.1. The number of quaternary nitrogens is 1. The first kappa shape index (κ1) is 23.3. The molecule has 0 aliphatic heterocycles. The van der Waals surface area contributed by atoms with E-state index < -0.39 is 10.0 Å². The lowest BCUT2D eigenvalue weighted by atomic mass is 9.80. The summed E-state index contributed by atoms with van der Waals surface area (Å²) in [6, 6.07) is 15.3. The Morgan fingerprint density at radius 1 is 1.00 bits per heavy atom. The minimum Gasteiger partial charge on any atom is -0.346 e. The number of hydrogen-bond donors (Lipinski definition) is 2. The van der Waals surface area contributed by atoms with Crippen molar-refractivity contribution < 1.29 is 18.1 Å². The van der Waals surface area contributed by atoms with E-state index in [0.29, 0.717) is 24.3 Å². The number of para-hydroxylation sites is 1. The summed E-state index contributed by atoms with van der Waals surface area (Å²) >= 11 is 0. The Balaban J connectivity index is 1.72. The minimum absolute atomic E-state index is 0.0779. The zero-order valence-corrected chi connectivity index (χ0v) is 19.5. The van der Waals surface area contributed by atoms with Crippen LogP contribution in [0.5, 0.6) is 0 Å². The van der Waals surface area contributed by atoms with Gasteiger partial charge in [-0.2, -0.15) is 0 Å². The molecule has 0 saturated heterocycles. The highest BCUT2D eigenvalue weighted by Gasteiger charge is 2.38. The molecule has 0 atom stereocenters. The molecular weight excluding hydrogens is 410 g/mol. The van der Waals surface area contributed by atoms with Crippen molar-refractivity contribution in [3.05, 3.63) is 60.2 Å². The number of sulfonamides is 1. The number of likely N-dealkylation sites (N-methyl/N-ethyl adjacent to an activating group) is 1. The molecule has 0 spiro atoms. The zero-order valence-electron chi connectivity index (χ0n) is 18.7. The molecule has 31 heavy (non-hydrogen) atoms. The van der Waals surface area contributed by atoms with Crippen molar-refractivity contribution in [1.82, 2.24) is 5.32 Å². The van der Waals surface area contributed by atoms with Crippen LogP contribution in [0.2, 0.25) is 0 Å². The van der Waals surface area contributed by atoms with Crippen LogP contribution in [0.25, 0.3) is 0 Å². The van der Waals surface area contributed by atoms with E-state index in [-0.39, 0.29) is 16.3 Å². The maximum absolute atomic E-state index is 13.1. The predicted octanol–water partition coefficient (Wildman–Crippen LogP) is 2.48. The lowest BCUT2D eigenvalue weighted by Gasteiger charge is -2.39. The Labute approximate surface area is 186 Å². The molecule has 2 aromatic carbocycles. The molecule has 2 aromatic rings. The smallest absolute Gasteiger partial charge is 0.264 e. The van der Waals surface area contributed by atoms with Crippen LogP contribution in [0.3, 0.4) is 0 Å². The first-order chi connectivity index (χ1) is 14.8. The van der Waals surface area contributed by atoms with Crippen LogP contribution in [0.15, 0.2) is 59.5 Å². The van der Waals surface area contributed by atoms with Gasteiger partial charge >= 0.3 is 0 Å². The van der Waals surface area contributed by atoms with Crippen LogP contribution in [0.4, 0.5) is 5.69 Å². The molecule has 1 aliphatic rings. The SMILES string of the molecule is CCN(c1ccccc1)S(=O)(=O)c1ccc(C(=O)NCC2([NH+](C)C)CCCCC2)cc1. The molecule has 1 saturated carbocycles. The van der Waals surface area contributed by atoms with Gasteiger partial charge in [-0.05, 0) is 56.2 Å². The molecule has 1 amide bonds. The molecular formula is C24H34N3O3S+. The van der Waals surface area contributed by atoms with Gasteiger partial charge in [-0.3, -0.25) is 9.10 Å². The molecule has 7 heteroatoms. The highest BCUT2D eigenvalue weighted by molar-refractivity contribution is 7.92. The monoisotopic (exact) mass is 444 g/mol. The van der Waals surface area contributed by atoms with Crippen molar-refractivity contribution in [3.8, 4) is 0 Å². The lowest BCUT2D eigenvalue weighted by Crippen LogP contribution is -3.16. The van der Waals surface area contributed by atoms with Crippen molar-refractivity contribution in [3.63, 3.8) is 0 Å². The zero-order chi connectivity index (χ0) is 22.5. The Morgan fingerprint density at radius 2 is 1.61 bits per heavy atom. The highest BCUT2D eigenvalue weighted by Crippen LogP contribution is 2.25. The largest absolute Gasteiger partial charge is 0.346 e. The molecule has 168 valence electrons. The second kappa shape index (κ2) is 9.83. The van der Waals surface area contributed by atoms with Gasteiger partial charge in [0.25, 0.3) is 15.9 Å². The van der Waals surface area contributed by atoms with E-state index in [1.807, 2.05) is 18.2 Å². The first-order valence-corrected chi connectivity index (χ1v) is 12.5. The summed E-state index contributed by atoms with van der Waals surface area (Å²) in [7, 11) is 0.613. The fourth-order valence-electron chi connectivity index (χ4n) is 4.42. The Kier molecular flexibility index (Phi) is 7.38. The summed E-state index contributed by atoms with van der Waals surface area (Å²) in [5.74, 6) is -0.162. The van der Waals surface area contributed by atoms with Crippen LogP contribution < -0.4 is 14.5 Å². The maximum Gasteiger partial charge on any atom is 0.264 e. The first-order valence-electron chi connectivity index (χ1n) is 11.1. The van der Waals surface area contributed by atoms with E-state index in [9.17, 15) is 13.2 Å². The van der Waals surface area contributed by atoms with Gasteiger partial charge in [-0.15, -0.1) is 0 Å².